The van der Waals surface area contributed by atoms with Gasteiger partial charge >= 0.3 is 0 Å². The summed E-state index contributed by atoms with van der Waals surface area (Å²) in [7, 11) is 0. The molecule has 36 heavy (non-hydrogen) atoms. The predicted molar refractivity (Wildman–Crippen MR) is 143 cm³/mol. The summed E-state index contributed by atoms with van der Waals surface area (Å²) in [6.07, 6.45) is 0. The van der Waals surface area contributed by atoms with Crippen molar-refractivity contribution in [1.82, 2.24) is 8.97 Å². The van der Waals surface area contributed by atoms with Gasteiger partial charge in [0.25, 0.3) is 0 Å². The van der Waals surface area contributed by atoms with E-state index < -0.39 is 0 Å². The summed E-state index contributed by atoms with van der Waals surface area (Å²) < 4.78 is 4.13. The van der Waals surface area contributed by atoms with Gasteiger partial charge in [0.15, 0.2) is 0 Å². The van der Waals surface area contributed by atoms with Crippen LogP contribution in [-0.2, 0) is 6.54 Å². The highest BCUT2D eigenvalue weighted by molar-refractivity contribution is 6.31. The first kappa shape index (κ1) is 21.9. The molecule has 0 aliphatic heterocycles. The van der Waals surface area contributed by atoms with Crippen LogP contribution in [0.15, 0.2) is 109 Å². The minimum absolute atomic E-state index is 0.196. The van der Waals surface area contributed by atoms with Crippen molar-refractivity contribution in [2.24, 2.45) is 0 Å². The molecule has 5 heteroatoms. The normalized spacial score (nSPS) is 11.1. The number of carbonyl (C=O) groups excluding carboxylic acids is 1. The maximum atomic E-state index is 14.0. The van der Waals surface area contributed by atoms with Crippen LogP contribution in [0, 0.1) is 11.3 Å². The molecule has 2 heterocycles. The molecule has 4 aromatic carbocycles. The average Bonchev–Trinajstić information content (AvgIpc) is 3.42. The van der Waals surface area contributed by atoms with Gasteiger partial charge < -0.3 is 4.57 Å². The molecule has 172 valence electrons. The molecule has 0 bridgehead atoms. The van der Waals surface area contributed by atoms with Crippen molar-refractivity contribution >= 4 is 34.1 Å². The molecule has 0 radical (unpaired) electrons. The molecule has 0 fully saturated rings. The van der Waals surface area contributed by atoms with Crippen molar-refractivity contribution in [3.63, 3.8) is 0 Å². The molecular weight excluding hydrogens is 466 g/mol. The predicted octanol–water partition coefficient (Wildman–Crippen LogP) is 7.37. The number of fused-ring (bicyclic) bond motifs is 3. The van der Waals surface area contributed by atoms with E-state index in [1.807, 2.05) is 77.2 Å². The molecule has 0 N–H and O–H groups in total. The Kier molecular flexibility index (Phi) is 5.41. The first-order valence-corrected chi connectivity index (χ1v) is 12.0. The lowest BCUT2D eigenvalue weighted by atomic mass is 9.99. The Morgan fingerprint density at radius 3 is 2.17 bits per heavy atom. The van der Waals surface area contributed by atoms with E-state index in [4.69, 9.17) is 11.6 Å². The van der Waals surface area contributed by atoms with Crippen LogP contribution in [0.2, 0.25) is 5.02 Å². The van der Waals surface area contributed by atoms with Crippen LogP contribution in [0.5, 0.6) is 0 Å². The first-order chi connectivity index (χ1) is 17.7. The summed E-state index contributed by atoms with van der Waals surface area (Å²) in [5, 5.41) is 11.0. The van der Waals surface area contributed by atoms with Crippen molar-refractivity contribution in [3.05, 3.63) is 137 Å². The minimum atomic E-state index is -0.196. The molecule has 0 spiro atoms. The molecule has 0 aliphatic carbocycles. The van der Waals surface area contributed by atoms with Gasteiger partial charge in [-0.15, -0.1) is 0 Å². The Bertz CT molecular complexity index is 1790. The summed E-state index contributed by atoms with van der Waals surface area (Å²) in [6, 6.07) is 37.1. The summed E-state index contributed by atoms with van der Waals surface area (Å²) in [4.78, 5) is 14.0. The van der Waals surface area contributed by atoms with Crippen molar-refractivity contribution in [2.75, 3.05) is 0 Å². The van der Waals surface area contributed by atoms with Crippen LogP contribution in [0.25, 0.3) is 27.8 Å². The Morgan fingerprint density at radius 1 is 0.806 bits per heavy atom. The van der Waals surface area contributed by atoms with E-state index >= 15 is 0 Å². The number of benzene rings is 4. The van der Waals surface area contributed by atoms with Gasteiger partial charge in [0.05, 0.1) is 16.6 Å². The zero-order valence-electron chi connectivity index (χ0n) is 19.2. The minimum Gasteiger partial charge on any atom is -0.321 e. The van der Waals surface area contributed by atoms with E-state index in [9.17, 15) is 10.1 Å². The van der Waals surface area contributed by atoms with Crippen molar-refractivity contribution in [3.8, 4) is 17.2 Å². The first-order valence-electron chi connectivity index (χ1n) is 11.6. The Morgan fingerprint density at radius 2 is 1.47 bits per heavy atom. The number of hydrogen-bond acceptors (Lipinski definition) is 2. The Hall–Kier alpha value is -4.59. The van der Waals surface area contributed by atoms with Gasteiger partial charge in [-0.3, -0.25) is 9.20 Å². The second kappa shape index (κ2) is 8.88. The van der Waals surface area contributed by atoms with Gasteiger partial charge in [0, 0.05) is 22.7 Å². The molecule has 0 amide bonds. The SMILES string of the molecule is N#Cc1c(-c2cccc(Cl)c2)c2n(Cc3ccccc3)c3ccccc3n2c1C(=O)c1ccccc1. The quantitative estimate of drug-likeness (QED) is 0.239. The molecule has 0 aliphatic rings. The second-order valence-corrected chi connectivity index (χ2v) is 9.07. The van der Waals surface area contributed by atoms with Crippen molar-refractivity contribution < 1.29 is 4.79 Å². The molecule has 6 rings (SSSR count). The maximum Gasteiger partial charge on any atom is 0.211 e. The molecule has 0 atom stereocenters. The standard InChI is InChI=1S/C31H20ClN3O/c32-24-15-9-14-23(18-24)28-25(19-33)29(30(36)22-12-5-2-6-13-22)35-27-17-8-7-16-26(27)34(31(28)35)20-21-10-3-1-4-11-21/h1-18H,20H2. The average molecular weight is 486 g/mol. The molecular formula is C31H20ClN3O. The number of ketones is 1. The topological polar surface area (TPSA) is 50.2 Å². The number of hydrogen-bond donors (Lipinski definition) is 0. The van der Waals surface area contributed by atoms with Gasteiger partial charge in [-0.05, 0) is 35.4 Å². The second-order valence-electron chi connectivity index (χ2n) is 8.64. The van der Waals surface area contributed by atoms with Crippen LogP contribution in [0.3, 0.4) is 0 Å². The van der Waals surface area contributed by atoms with Crippen LogP contribution < -0.4 is 0 Å². The number of halogens is 1. The molecule has 6 aromatic rings. The number of rotatable bonds is 5. The van der Waals surface area contributed by atoms with E-state index in [1.54, 1.807) is 18.2 Å². The number of nitrogens with zero attached hydrogens (tertiary/aromatic N) is 3. The lowest BCUT2D eigenvalue weighted by molar-refractivity contribution is 0.103. The van der Waals surface area contributed by atoms with E-state index in [0.29, 0.717) is 34.0 Å². The van der Waals surface area contributed by atoms with Gasteiger partial charge in [0.1, 0.15) is 17.4 Å². The number of aromatic nitrogens is 2. The van der Waals surface area contributed by atoms with Crippen LogP contribution in [0.1, 0.15) is 27.2 Å². The summed E-state index contributed by atoms with van der Waals surface area (Å²) in [5.74, 6) is -0.196. The maximum absolute atomic E-state index is 14.0. The van der Waals surface area contributed by atoms with Gasteiger partial charge in [-0.2, -0.15) is 5.26 Å². The number of carbonyl (C=O) groups is 1. The van der Waals surface area contributed by atoms with Crippen molar-refractivity contribution in [1.29, 1.82) is 5.26 Å². The van der Waals surface area contributed by atoms with E-state index in [1.165, 1.54) is 0 Å². The smallest absolute Gasteiger partial charge is 0.211 e. The third-order valence-electron chi connectivity index (χ3n) is 6.47. The molecule has 0 unspecified atom stereocenters. The van der Waals surface area contributed by atoms with Gasteiger partial charge in [0.2, 0.25) is 5.78 Å². The van der Waals surface area contributed by atoms with Crippen molar-refractivity contribution in [2.45, 2.75) is 6.54 Å². The van der Waals surface area contributed by atoms with Crippen LogP contribution >= 0.6 is 11.6 Å². The number of imidazole rings is 1. The zero-order valence-corrected chi connectivity index (χ0v) is 20.0. The van der Waals surface area contributed by atoms with Crippen LogP contribution in [-0.4, -0.2) is 14.8 Å². The monoisotopic (exact) mass is 485 g/mol. The highest BCUT2D eigenvalue weighted by Gasteiger charge is 2.30. The summed E-state index contributed by atoms with van der Waals surface area (Å²) in [6.45, 7) is 0.583. The van der Waals surface area contributed by atoms with Crippen LogP contribution in [0.4, 0.5) is 0 Å². The lowest BCUT2D eigenvalue weighted by Crippen LogP contribution is -2.07. The fourth-order valence-electron chi connectivity index (χ4n) is 4.94. The van der Waals surface area contributed by atoms with E-state index in [0.717, 1.165) is 27.8 Å². The Labute approximate surface area is 213 Å². The van der Waals surface area contributed by atoms with Gasteiger partial charge in [-0.25, -0.2) is 0 Å². The number of para-hydroxylation sites is 2. The largest absolute Gasteiger partial charge is 0.321 e. The number of nitriles is 1. The molecule has 4 nitrogen and oxygen atoms in total. The van der Waals surface area contributed by atoms with E-state index in [2.05, 4.69) is 28.8 Å². The van der Waals surface area contributed by atoms with E-state index in [-0.39, 0.29) is 5.78 Å². The summed E-state index contributed by atoms with van der Waals surface area (Å²) >= 11 is 6.39. The molecule has 2 aromatic heterocycles. The lowest BCUT2D eigenvalue weighted by Gasteiger charge is -2.09. The zero-order chi connectivity index (χ0) is 24.6. The van der Waals surface area contributed by atoms with Gasteiger partial charge in [-0.1, -0.05) is 96.5 Å². The fraction of sp³-hybridized carbons (Fsp3) is 0.0323. The third-order valence-corrected chi connectivity index (χ3v) is 6.71. The highest BCUT2D eigenvalue weighted by atomic mass is 35.5. The third kappa shape index (κ3) is 3.50. The highest BCUT2D eigenvalue weighted by Crippen LogP contribution is 2.39. The fourth-order valence-corrected chi connectivity index (χ4v) is 5.13. The summed E-state index contributed by atoms with van der Waals surface area (Å²) in [5.41, 5.74) is 6.48. The Balaban J connectivity index is 1.78. The molecule has 0 saturated heterocycles. The molecule has 0 saturated carbocycles.